The van der Waals surface area contributed by atoms with E-state index in [-0.39, 0.29) is 12.5 Å². The summed E-state index contributed by atoms with van der Waals surface area (Å²) >= 11 is 3.41. The van der Waals surface area contributed by atoms with E-state index in [2.05, 4.69) is 26.6 Å². The topological polar surface area (TPSA) is 78.4 Å². The molecule has 3 N–H and O–H groups in total. The van der Waals surface area contributed by atoms with Crippen molar-refractivity contribution in [3.8, 4) is 0 Å². The first-order valence-corrected chi connectivity index (χ1v) is 7.81. The maximum Gasteiger partial charge on any atom is 0.319 e. The van der Waals surface area contributed by atoms with Crippen LogP contribution in [-0.2, 0) is 4.79 Å². The minimum Gasteiger partial charge on any atom is -0.481 e. The third-order valence-corrected chi connectivity index (χ3v) is 3.91. The molecule has 1 aromatic rings. The van der Waals surface area contributed by atoms with Gasteiger partial charge in [0.2, 0.25) is 0 Å². The van der Waals surface area contributed by atoms with Gasteiger partial charge in [-0.3, -0.25) is 4.79 Å². The summed E-state index contributed by atoms with van der Waals surface area (Å²) in [5, 5.41) is 14.1. The molecule has 0 aromatic heterocycles. The number of carboxylic acids is 1. The molecule has 0 fully saturated rings. The van der Waals surface area contributed by atoms with Gasteiger partial charge in [-0.2, -0.15) is 0 Å². The van der Waals surface area contributed by atoms with Gasteiger partial charge in [-0.25, -0.2) is 4.79 Å². The number of hydrogen-bond donors (Lipinski definition) is 3. The molecule has 0 aliphatic carbocycles. The highest BCUT2D eigenvalue weighted by atomic mass is 79.9. The first-order chi connectivity index (χ1) is 9.99. The highest BCUT2D eigenvalue weighted by Crippen LogP contribution is 2.19. The van der Waals surface area contributed by atoms with Crippen LogP contribution in [0.2, 0.25) is 0 Å². The lowest BCUT2D eigenvalue weighted by atomic mass is 10.1. The van der Waals surface area contributed by atoms with Gasteiger partial charge in [0.1, 0.15) is 0 Å². The van der Waals surface area contributed by atoms with Crippen molar-refractivity contribution in [1.29, 1.82) is 0 Å². The van der Waals surface area contributed by atoms with E-state index in [9.17, 15) is 9.59 Å². The van der Waals surface area contributed by atoms with Crippen LogP contribution in [0.25, 0.3) is 0 Å². The summed E-state index contributed by atoms with van der Waals surface area (Å²) in [6.45, 7) is 2.55. The Bertz CT molecular complexity index is 492. The lowest BCUT2D eigenvalue weighted by molar-refractivity contribution is -0.137. The minimum absolute atomic E-state index is 0.219. The Balaban J connectivity index is 2.14. The zero-order chi connectivity index (χ0) is 15.7. The Morgan fingerprint density at radius 2 is 1.90 bits per heavy atom. The van der Waals surface area contributed by atoms with E-state index in [0.717, 1.165) is 35.0 Å². The summed E-state index contributed by atoms with van der Waals surface area (Å²) in [6, 6.07) is 5.41. The molecule has 0 aliphatic heterocycles. The van der Waals surface area contributed by atoms with Crippen LogP contribution in [-0.4, -0.2) is 23.7 Å². The van der Waals surface area contributed by atoms with E-state index in [0.29, 0.717) is 13.0 Å². The minimum atomic E-state index is -0.753. The second kappa shape index (κ2) is 9.39. The highest BCUT2D eigenvalue weighted by molar-refractivity contribution is 9.10. The maximum atomic E-state index is 11.7. The van der Waals surface area contributed by atoms with E-state index >= 15 is 0 Å². The molecule has 5 nitrogen and oxygen atoms in total. The van der Waals surface area contributed by atoms with Gasteiger partial charge < -0.3 is 15.7 Å². The predicted octanol–water partition coefficient (Wildman–Crippen LogP) is 3.91. The van der Waals surface area contributed by atoms with Crippen LogP contribution < -0.4 is 10.6 Å². The summed E-state index contributed by atoms with van der Waals surface area (Å²) in [6.07, 6.45) is 3.56. The number of urea groups is 1. The normalized spacial score (nSPS) is 10.2. The Labute approximate surface area is 133 Å². The third kappa shape index (κ3) is 7.70. The fourth-order valence-corrected chi connectivity index (χ4v) is 2.10. The summed E-state index contributed by atoms with van der Waals surface area (Å²) in [5.41, 5.74) is 1.82. The van der Waals surface area contributed by atoms with Gasteiger partial charge in [-0.1, -0.05) is 28.8 Å². The molecule has 0 saturated carbocycles. The van der Waals surface area contributed by atoms with Crippen molar-refractivity contribution in [2.24, 2.45) is 0 Å². The molecule has 2 amide bonds. The molecule has 1 rings (SSSR count). The number of unbranched alkanes of at least 4 members (excludes halogenated alkanes) is 3. The quantitative estimate of drug-likeness (QED) is 0.617. The summed E-state index contributed by atoms with van der Waals surface area (Å²) in [7, 11) is 0. The number of aryl methyl sites for hydroxylation is 1. The average molecular weight is 357 g/mol. The number of halogens is 1. The fraction of sp³-hybridized carbons (Fsp3) is 0.467. The molecule has 21 heavy (non-hydrogen) atoms. The first-order valence-electron chi connectivity index (χ1n) is 7.02. The Kier molecular flexibility index (Phi) is 7.82. The van der Waals surface area contributed by atoms with Gasteiger partial charge in [0.25, 0.3) is 0 Å². The number of aliphatic carboxylic acids is 1. The van der Waals surface area contributed by atoms with Gasteiger partial charge in [0, 0.05) is 23.1 Å². The van der Waals surface area contributed by atoms with Gasteiger partial charge >= 0.3 is 12.0 Å². The van der Waals surface area contributed by atoms with E-state index in [1.807, 2.05) is 25.1 Å². The summed E-state index contributed by atoms with van der Waals surface area (Å²) in [4.78, 5) is 22.0. The van der Waals surface area contributed by atoms with Crippen molar-refractivity contribution < 1.29 is 14.7 Å². The molecule has 116 valence electrons. The number of amides is 2. The summed E-state index contributed by atoms with van der Waals surface area (Å²) in [5.74, 6) is -0.753. The molecule has 0 spiro atoms. The van der Waals surface area contributed by atoms with E-state index in [1.54, 1.807) is 0 Å². The molecule has 0 aliphatic rings. The number of carboxylic acid groups (broad SMARTS) is 1. The lowest BCUT2D eigenvalue weighted by Gasteiger charge is -2.08. The fourth-order valence-electron chi connectivity index (χ4n) is 1.85. The van der Waals surface area contributed by atoms with Crippen LogP contribution in [0.3, 0.4) is 0 Å². The van der Waals surface area contributed by atoms with Crippen LogP contribution in [0.5, 0.6) is 0 Å². The molecule has 0 atom stereocenters. The first kappa shape index (κ1) is 17.5. The number of benzene rings is 1. The van der Waals surface area contributed by atoms with Crippen LogP contribution >= 0.6 is 15.9 Å². The van der Waals surface area contributed by atoms with Crippen molar-refractivity contribution in [1.82, 2.24) is 5.32 Å². The average Bonchev–Trinajstić information content (AvgIpc) is 2.41. The second-order valence-corrected chi connectivity index (χ2v) is 5.76. The molecule has 0 bridgehead atoms. The molecular weight excluding hydrogens is 336 g/mol. The van der Waals surface area contributed by atoms with Gasteiger partial charge in [-0.05, 0) is 43.5 Å². The molecule has 0 unspecified atom stereocenters. The SMILES string of the molecule is Cc1cc(NC(=O)NCCCCCCC(=O)O)ccc1Br. The van der Waals surface area contributed by atoms with Crippen molar-refractivity contribution in [2.45, 2.75) is 39.0 Å². The zero-order valence-corrected chi connectivity index (χ0v) is 13.7. The van der Waals surface area contributed by atoms with Gasteiger partial charge in [0.15, 0.2) is 0 Å². The monoisotopic (exact) mass is 356 g/mol. The molecule has 1 aromatic carbocycles. The number of hydrogen-bond acceptors (Lipinski definition) is 2. The maximum absolute atomic E-state index is 11.7. The molecule has 0 radical (unpaired) electrons. The Morgan fingerprint density at radius 3 is 2.57 bits per heavy atom. The van der Waals surface area contributed by atoms with Crippen LogP contribution in [0.15, 0.2) is 22.7 Å². The van der Waals surface area contributed by atoms with Crippen LogP contribution in [0.4, 0.5) is 10.5 Å². The van der Waals surface area contributed by atoms with E-state index in [1.165, 1.54) is 0 Å². The number of carbonyl (C=O) groups excluding carboxylic acids is 1. The second-order valence-electron chi connectivity index (χ2n) is 4.90. The summed E-state index contributed by atoms with van der Waals surface area (Å²) < 4.78 is 1.01. The van der Waals surface area contributed by atoms with Gasteiger partial charge in [-0.15, -0.1) is 0 Å². The highest BCUT2D eigenvalue weighted by Gasteiger charge is 2.03. The molecular formula is C15H21BrN2O3. The number of carbonyl (C=O) groups is 2. The molecule has 6 heteroatoms. The molecule has 0 saturated heterocycles. The third-order valence-electron chi connectivity index (χ3n) is 3.02. The van der Waals surface area contributed by atoms with Crippen LogP contribution in [0, 0.1) is 6.92 Å². The lowest BCUT2D eigenvalue weighted by Crippen LogP contribution is -2.29. The Morgan fingerprint density at radius 1 is 1.19 bits per heavy atom. The smallest absolute Gasteiger partial charge is 0.319 e. The zero-order valence-electron chi connectivity index (χ0n) is 12.1. The number of rotatable bonds is 8. The Hall–Kier alpha value is -1.56. The van der Waals surface area contributed by atoms with E-state index in [4.69, 9.17) is 5.11 Å². The number of nitrogens with one attached hydrogen (secondary N) is 2. The van der Waals surface area contributed by atoms with Crippen molar-refractivity contribution in [3.63, 3.8) is 0 Å². The molecule has 0 heterocycles. The van der Waals surface area contributed by atoms with Crippen molar-refractivity contribution in [2.75, 3.05) is 11.9 Å². The standard InChI is InChI=1S/C15H21BrN2O3/c1-11-10-12(7-8-13(11)16)18-15(21)17-9-5-3-2-4-6-14(19)20/h7-8,10H,2-6,9H2,1H3,(H,19,20)(H2,17,18,21). The van der Waals surface area contributed by atoms with Gasteiger partial charge in [0.05, 0.1) is 0 Å². The number of anilines is 1. The largest absolute Gasteiger partial charge is 0.481 e. The predicted molar refractivity (Wildman–Crippen MR) is 86.6 cm³/mol. The van der Waals surface area contributed by atoms with Crippen LogP contribution in [0.1, 0.15) is 37.7 Å². The van der Waals surface area contributed by atoms with Crippen molar-refractivity contribution in [3.05, 3.63) is 28.2 Å². The van der Waals surface area contributed by atoms with E-state index < -0.39 is 5.97 Å². The van der Waals surface area contributed by atoms with Crippen molar-refractivity contribution >= 4 is 33.6 Å².